The molecule has 0 saturated heterocycles. The van der Waals surface area contributed by atoms with Crippen LogP contribution >= 0.6 is 0 Å². The summed E-state index contributed by atoms with van der Waals surface area (Å²) in [7, 11) is 1.86. The van der Waals surface area contributed by atoms with Crippen molar-refractivity contribution < 1.29 is 4.79 Å². The van der Waals surface area contributed by atoms with Gasteiger partial charge in [0.05, 0.1) is 0 Å². The summed E-state index contributed by atoms with van der Waals surface area (Å²) in [6, 6.07) is 7.20. The van der Waals surface area contributed by atoms with E-state index >= 15 is 0 Å². The number of nitrogens with two attached hydrogens (primary N) is 1. The molecule has 0 spiro atoms. The number of nitrogens with zero attached hydrogens (tertiary/aromatic N) is 1. The molecule has 92 valence electrons. The average molecular weight is 233 g/mol. The Hall–Kier alpha value is -1.55. The Morgan fingerprint density at radius 1 is 1.47 bits per heavy atom. The first-order valence-corrected chi connectivity index (χ1v) is 5.94. The predicted molar refractivity (Wildman–Crippen MR) is 68.5 cm³/mol. The molecule has 1 amide bonds. The third-order valence-corrected chi connectivity index (χ3v) is 3.43. The fourth-order valence-electron chi connectivity index (χ4n) is 2.02. The number of carbonyl (C=O) groups excluding carboxylic acids is 1. The molecule has 2 unspecified atom stereocenters. The van der Waals surface area contributed by atoms with Gasteiger partial charge in [-0.15, -0.1) is 0 Å². The van der Waals surface area contributed by atoms with Crippen molar-refractivity contribution in [1.29, 1.82) is 0 Å². The summed E-state index contributed by atoms with van der Waals surface area (Å²) in [5.41, 5.74) is 4.06. The van der Waals surface area contributed by atoms with Gasteiger partial charge < -0.3 is 10.3 Å². The highest BCUT2D eigenvalue weighted by Crippen LogP contribution is 2.38. The molecule has 3 N–H and O–H groups in total. The molecule has 4 nitrogen and oxygen atoms in total. The molecule has 1 aliphatic rings. The summed E-state index contributed by atoms with van der Waals surface area (Å²) >= 11 is 0. The number of benzene rings is 1. The van der Waals surface area contributed by atoms with E-state index < -0.39 is 0 Å². The van der Waals surface area contributed by atoms with Crippen LogP contribution in [-0.2, 0) is 0 Å². The molecule has 0 aliphatic heterocycles. The lowest BCUT2D eigenvalue weighted by Crippen LogP contribution is -2.29. The molecular formula is C13H19N3O. The zero-order valence-corrected chi connectivity index (χ0v) is 10.3. The molecule has 1 fully saturated rings. The molecule has 0 radical (unpaired) electrons. The van der Waals surface area contributed by atoms with E-state index in [1.807, 2.05) is 7.05 Å². The molecular weight excluding hydrogens is 214 g/mol. The molecule has 0 heterocycles. The van der Waals surface area contributed by atoms with Crippen LogP contribution < -0.4 is 11.3 Å². The van der Waals surface area contributed by atoms with Gasteiger partial charge in [0.2, 0.25) is 0 Å². The van der Waals surface area contributed by atoms with Gasteiger partial charge >= 0.3 is 0 Å². The van der Waals surface area contributed by atoms with E-state index in [4.69, 9.17) is 5.84 Å². The van der Waals surface area contributed by atoms with Crippen molar-refractivity contribution in [3.63, 3.8) is 0 Å². The van der Waals surface area contributed by atoms with Crippen LogP contribution in [0.25, 0.3) is 0 Å². The fraction of sp³-hybridized carbons (Fsp3) is 0.462. The highest BCUT2D eigenvalue weighted by molar-refractivity contribution is 5.94. The average Bonchev–Trinajstić information content (AvgIpc) is 3.04. The lowest BCUT2D eigenvalue weighted by molar-refractivity contribution is 0.0787. The van der Waals surface area contributed by atoms with Crippen LogP contribution in [0.1, 0.15) is 23.7 Å². The summed E-state index contributed by atoms with van der Waals surface area (Å²) in [6.45, 7) is 3.08. The highest BCUT2D eigenvalue weighted by atomic mass is 16.2. The molecule has 1 aliphatic carbocycles. The SMILES string of the molecule is CC1CC1CN(C)C(=O)c1ccc(NN)cc1. The third kappa shape index (κ3) is 2.77. The van der Waals surface area contributed by atoms with Gasteiger partial charge in [-0.05, 0) is 42.5 Å². The Bertz CT molecular complexity index is 402. The second kappa shape index (κ2) is 4.75. The van der Waals surface area contributed by atoms with Gasteiger partial charge in [0.1, 0.15) is 0 Å². The summed E-state index contributed by atoms with van der Waals surface area (Å²) in [6.07, 6.45) is 1.24. The summed E-state index contributed by atoms with van der Waals surface area (Å²) in [4.78, 5) is 13.9. The lowest BCUT2D eigenvalue weighted by Gasteiger charge is -2.17. The Labute approximate surface area is 102 Å². The Kier molecular flexibility index (Phi) is 3.33. The largest absolute Gasteiger partial charge is 0.341 e. The van der Waals surface area contributed by atoms with Crippen molar-refractivity contribution in [1.82, 2.24) is 4.90 Å². The molecule has 1 saturated carbocycles. The monoisotopic (exact) mass is 233 g/mol. The van der Waals surface area contributed by atoms with Crippen molar-refractivity contribution in [2.24, 2.45) is 17.7 Å². The molecule has 0 bridgehead atoms. The van der Waals surface area contributed by atoms with E-state index in [1.165, 1.54) is 6.42 Å². The second-order valence-corrected chi connectivity index (χ2v) is 4.88. The molecule has 1 aromatic rings. The summed E-state index contributed by atoms with van der Waals surface area (Å²) < 4.78 is 0. The number of amides is 1. The van der Waals surface area contributed by atoms with Gasteiger partial charge in [0.15, 0.2) is 0 Å². The van der Waals surface area contributed by atoms with Gasteiger partial charge in [-0.1, -0.05) is 6.92 Å². The van der Waals surface area contributed by atoms with E-state index in [0.717, 1.165) is 18.2 Å². The van der Waals surface area contributed by atoms with Crippen molar-refractivity contribution in [3.05, 3.63) is 29.8 Å². The second-order valence-electron chi connectivity index (χ2n) is 4.88. The molecule has 2 rings (SSSR count). The van der Waals surface area contributed by atoms with Crippen molar-refractivity contribution in [2.75, 3.05) is 19.0 Å². The van der Waals surface area contributed by atoms with Gasteiger partial charge in [0, 0.05) is 24.8 Å². The minimum Gasteiger partial charge on any atom is -0.341 e. The Balaban J connectivity index is 1.97. The number of nitrogen functional groups attached to an aromatic ring is 1. The number of anilines is 1. The van der Waals surface area contributed by atoms with E-state index in [1.54, 1.807) is 29.2 Å². The third-order valence-electron chi connectivity index (χ3n) is 3.43. The maximum absolute atomic E-state index is 12.1. The molecule has 4 heteroatoms. The van der Waals surface area contributed by atoms with Crippen LogP contribution in [0.15, 0.2) is 24.3 Å². The summed E-state index contributed by atoms with van der Waals surface area (Å²) in [5.74, 6) is 6.82. The molecule has 2 atom stereocenters. The number of hydrogen-bond donors (Lipinski definition) is 2. The van der Waals surface area contributed by atoms with E-state index in [9.17, 15) is 4.79 Å². The number of hydrogen-bond acceptors (Lipinski definition) is 3. The van der Waals surface area contributed by atoms with E-state index in [-0.39, 0.29) is 5.91 Å². The van der Waals surface area contributed by atoms with Gasteiger partial charge in [0.25, 0.3) is 5.91 Å². The number of hydrazine groups is 1. The lowest BCUT2D eigenvalue weighted by atomic mass is 10.2. The fourth-order valence-corrected chi connectivity index (χ4v) is 2.02. The highest BCUT2D eigenvalue weighted by Gasteiger charge is 2.34. The summed E-state index contributed by atoms with van der Waals surface area (Å²) in [5, 5.41) is 0. The first-order chi connectivity index (χ1) is 8.11. The van der Waals surface area contributed by atoms with Crippen molar-refractivity contribution in [2.45, 2.75) is 13.3 Å². The first-order valence-electron chi connectivity index (χ1n) is 5.94. The molecule has 0 aromatic heterocycles. The van der Waals surface area contributed by atoms with Gasteiger partial charge in [-0.25, -0.2) is 0 Å². The van der Waals surface area contributed by atoms with Gasteiger partial charge in [-0.2, -0.15) is 0 Å². The number of rotatable bonds is 4. The smallest absolute Gasteiger partial charge is 0.253 e. The van der Waals surface area contributed by atoms with Crippen molar-refractivity contribution in [3.8, 4) is 0 Å². The van der Waals surface area contributed by atoms with Crippen LogP contribution in [0.5, 0.6) is 0 Å². The Morgan fingerprint density at radius 2 is 2.06 bits per heavy atom. The van der Waals surface area contributed by atoms with Crippen LogP contribution in [0.4, 0.5) is 5.69 Å². The van der Waals surface area contributed by atoms with Crippen LogP contribution in [0.3, 0.4) is 0 Å². The minimum absolute atomic E-state index is 0.0765. The number of carbonyl (C=O) groups is 1. The standard InChI is InChI=1S/C13H19N3O/c1-9-7-11(9)8-16(2)13(17)10-3-5-12(15-14)6-4-10/h3-6,9,11,15H,7-8,14H2,1-2H3. The molecule has 17 heavy (non-hydrogen) atoms. The zero-order valence-electron chi connectivity index (χ0n) is 10.3. The van der Waals surface area contributed by atoms with Crippen LogP contribution in [0.2, 0.25) is 0 Å². The number of nitrogens with one attached hydrogen (secondary N) is 1. The quantitative estimate of drug-likeness (QED) is 0.614. The van der Waals surface area contributed by atoms with Crippen molar-refractivity contribution >= 4 is 11.6 Å². The maximum Gasteiger partial charge on any atom is 0.253 e. The maximum atomic E-state index is 12.1. The first kappa shape index (κ1) is 11.9. The minimum atomic E-state index is 0.0765. The zero-order chi connectivity index (χ0) is 12.4. The van der Waals surface area contributed by atoms with Crippen LogP contribution in [-0.4, -0.2) is 24.4 Å². The molecule has 1 aromatic carbocycles. The van der Waals surface area contributed by atoms with Crippen LogP contribution in [0, 0.1) is 11.8 Å². The van der Waals surface area contributed by atoms with E-state index in [2.05, 4.69) is 12.3 Å². The normalized spacial score (nSPS) is 22.1. The topological polar surface area (TPSA) is 58.4 Å². The Morgan fingerprint density at radius 3 is 2.53 bits per heavy atom. The predicted octanol–water partition coefficient (Wildman–Crippen LogP) is 1.70. The van der Waals surface area contributed by atoms with E-state index in [0.29, 0.717) is 11.5 Å². The van der Waals surface area contributed by atoms with Gasteiger partial charge in [-0.3, -0.25) is 10.6 Å².